The third kappa shape index (κ3) is 3.23. The molecule has 28 heavy (non-hydrogen) atoms. The van der Waals surface area contributed by atoms with Crippen molar-refractivity contribution in [3.05, 3.63) is 65.7 Å². The van der Waals surface area contributed by atoms with Crippen molar-refractivity contribution >= 4 is 28.4 Å². The van der Waals surface area contributed by atoms with Gasteiger partial charge in [-0.15, -0.1) is 0 Å². The molecule has 0 unspecified atom stereocenters. The average molecular weight is 375 g/mol. The van der Waals surface area contributed by atoms with Crippen LogP contribution in [0.1, 0.15) is 26.7 Å². The Morgan fingerprint density at radius 2 is 1.75 bits per heavy atom. The highest BCUT2D eigenvalue weighted by molar-refractivity contribution is 6.05. The molecule has 0 aliphatic carbocycles. The molecule has 4 rings (SSSR count). The summed E-state index contributed by atoms with van der Waals surface area (Å²) in [6.07, 6.45) is 0. The minimum absolute atomic E-state index is 0.234. The number of amides is 2. The molecule has 0 spiro atoms. The van der Waals surface area contributed by atoms with Crippen molar-refractivity contribution in [1.82, 2.24) is 20.7 Å². The molecule has 8 heteroatoms. The Balaban J connectivity index is 1.55. The Hall–Kier alpha value is -3.94. The second kappa shape index (κ2) is 6.99. The first-order valence-electron chi connectivity index (χ1n) is 8.60. The topological polar surface area (TPSA) is 113 Å². The fourth-order valence-corrected chi connectivity index (χ4v) is 2.91. The summed E-state index contributed by atoms with van der Waals surface area (Å²) in [7, 11) is 1.57. The van der Waals surface area contributed by atoms with E-state index in [9.17, 15) is 9.59 Å². The Morgan fingerprint density at radius 3 is 2.43 bits per heavy atom. The zero-order chi connectivity index (χ0) is 19.7. The largest absolute Gasteiger partial charge is 0.361 e. The number of hydrogen-bond donors (Lipinski definition) is 3. The number of H-pyrrole nitrogens is 1. The van der Waals surface area contributed by atoms with E-state index in [1.54, 1.807) is 20.0 Å². The molecule has 0 saturated heterocycles. The Morgan fingerprint density at radius 1 is 1.00 bits per heavy atom. The van der Waals surface area contributed by atoms with E-state index in [-0.39, 0.29) is 17.5 Å². The molecule has 0 aliphatic rings. The Labute approximate surface area is 159 Å². The van der Waals surface area contributed by atoms with Crippen molar-refractivity contribution in [3.8, 4) is 11.1 Å². The molecule has 0 saturated carbocycles. The number of aromatic nitrogens is 3. The number of nitrogens with one attached hydrogen (secondary N) is 3. The van der Waals surface area contributed by atoms with E-state index < -0.39 is 0 Å². The SMILES string of the molecule is CNC(=O)c1n[nH]c2cc(-c3ccc(NC(=O)c4cc(C)on4)cc3)ccc12. The van der Waals surface area contributed by atoms with Gasteiger partial charge in [0.15, 0.2) is 11.4 Å². The number of fused-ring (bicyclic) bond motifs is 1. The van der Waals surface area contributed by atoms with Gasteiger partial charge in [-0.1, -0.05) is 23.4 Å². The smallest absolute Gasteiger partial charge is 0.277 e. The zero-order valence-corrected chi connectivity index (χ0v) is 15.2. The van der Waals surface area contributed by atoms with Gasteiger partial charge in [-0.3, -0.25) is 14.7 Å². The normalized spacial score (nSPS) is 10.8. The molecule has 0 radical (unpaired) electrons. The lowest BCUT2D eigenvalue weighted by atomic mass is 10.0. The summed E-state index contributed by atoms with van der Waals surface area (Å²) in [4.78, 5) is 24.0. The Bertz CT molecular complexity index is 1170. The van der Waals surface area contributed by atoms with Gasteiger partial charge in [-0.05, 0) is 42.3 Å². The van der Waals surface area contributed by atoms with Crippen LogP contribution in [-0.2, 0) is 0 Å². The second-order valence-electron chi connectivity index (χ2n) is 6.27. The van der Waals surface area contributed by atoms with Crippen LogP contribution < -0.4 is 10.6 Å². The van der Waals surface area contributed by atoms with Crippen molar-refractivity contribution in [2.75, 3.05) is 12.4 Å². The van der Waals surface area contributed by atoms with Crippen LogP contribution >= 0.6 is 0 Å². The number of aromatic amines is 1. The van der Waals surface area contributed by atoms with E-state index >= 15 is 0 Å². The van der Waals surface area contributed by atoms with Gasteiger partial charge in [0.05, 0.1) is 5.52 Å². The van der Waals surface area contributed by atoms with Gasteiger partial charge in [0, 0.05) is 24.2 Å². The summed E-state index contributed by atoms with van der Waals surface area (Å²) in [5, 5.41) is 16.8. The predicted octanol–water partition coefficient (Wildman–Crippen LogP) is 3.14. The van der Waals surface area contributed by atoms with Crippen molar-refractivity contribution in [3.63, 3.8) is 0 Å². The summed E-state index contributed by atoms with van der Waals surface area (Å²) >= 11 is 0. The number of carbonyl (C=O) groups excluding carboxylic acids is 2. The number of carbonyl (C=O) groups is 2. The van der Waals surface area contributed by atoms with Crippen LogP contribution in [0.5, 0.6) is 0 Å². The molecule has 2 amide bonds. The molecule has 2 aromatic carbocycles. The molecule has 3 N–H and O–H groups in total. The summed E-state index contributed by atoms with van der Waals surface area (Å²) in [5.74, 6) is 0.0147. The van der Waals surface area contributed by atoms with Crippen LogP contribution in [0.4, 0.5) is 5.69 Å². The zero-order valence-electron chi connectivity index (χ0n) is 15.2. The molecule has 2 heterocycles. The highest BCUT2D eigenvalue weighted by Gasteiger charge is 2.14. The highest BCUT2D eigenvalue weighted by Crippen LogP contribution is 2.26. The third-order valence-corrected chi connectivity index (χ3v) is 4.34. The van der Waals surface area contributed by atoms with E-state index in [2.05, 4.69) is 26.0 Å². The number of hydrogen-bond acceptors (Lipinski definition) is 5. The molecule has 140 valence electrons. The summed E-state index contributed by atoms with van der Waals surface area (Å²) < 4.78 is 4.92. The number of benzene rings is 2. The van der Waals surface area contributed by atoms with Gasteiger partial charge in [0.2, 0.25) is 0 Å². The summed E-state index contributed by atoms with van der Waals surface area (Å²) in [6, 6.07) is 14.7. The number of aryl methyl sites for hydroxylation is 1. The molecule has 0 atom stereocenters. The number of nitrogens with zero attached hydrogens (tertiary/aromatic N) is 2. The first-order chi connectivity index (χ1) is 13.5. The second-order valence-corrected chi connectivity index (χ2v) is 6.27. The minimum atomic E-state index is -0.329. The quantitative estimate of drug-likeness (QED) is 0.507. The van der Waals surface area contributed by atoms with Crippen LogP contribution in [0.2, 0.25) is 0 Å². The van der Waals surface area contributed by atoms with Crippen LogP contribution in [-0.4, -0.2) is 34.2 Å². The fourth-order valence-electron chi connectivity index (χ4n) is 2.91. The molecule has 2 aromatic heterocycles. The van der Waals surface area contributed by atoms with Crippen molar-refractivity contribution in [1.29, 1.82) is 0 Å². The lowest BCUT2D eigenvalue weighted by Crippen LogP contribution is -2.18. The average Bonchev–Trinajstić information content (AvgIpc) is 3.33. The standard InChI is InChI=1S/C20H17N5O3/c1-11-9-17(25-28-11)19(26)22-14-6-3-12(4-7-14)13-5-8-15-16(10-13)23-24-18(15)20(27)21-2/h3-10H,1-2H3,(H,21,27)(H,22,26)(H,23,24). The fraction of sp³-hybridized carbons (Fsp3) is 0.100. The van der Waals surface area contributed by atoms with Crippen LogP contribution in [0, 0.1) is 6.92 Å². The molecule has 4 aromatic rings. The van der Waals surface area contributed by atoms with E-state index in [0.29, 0.717) is 17.1 Å². The van der Waals surface area contributed by atoms with E-state index in [1.807, 2.05) is 42.5 Å². The van der Waals surface area contributed by atoms with E-state index in [0.717, 1.165) is 22.0 Å². The summed E-state index contributed by atoms with van der Waals surface area (Å²) in [6.45, 7) is 1.73. The number of anilines is 1. The highest BCUT2D eigenvalue weighted by atomic mass is 16.5. The monoisotopic (exact) mass is 375 g/mol. The third-order valence-electron chi connectivity index (χ3n) is 4.34. The van der Waals surface area contributed by atoms with Crippen LogP contribution in [0.15, 0.2) is 53.1 Å². The number of rotatable bonds is 4. The molecule has 8 nitrogen and oxygen atoms in total. The maximum atomic E-state index is 12.1. The van der Waals surface area contributed by atoms with Crippen molar-refractivity contribution < 1.29 is 14.1 Å². The molecule has 0 fully saturated rings. The lowest BCUT2D eigenvalue weighted by Gasteiger charge is -2.06. The minimum Gasteiger partial charge on any atom is -0.361 e. The molecular formula is C20H17N5O3. The molecule has 0 aliphatic heterocycles. The maximum absolute atomic E-state index is 12.1. The first kappa shape index (κ1) is 17.5. The van der Waals surface area contributed by atoms with Gasteiger partial charge in [0.1, 0.15) is 5.76 Å². The van der Waals surface area contributed by atoms with E-state index in [4.69, 9.17) is 4.52 Å². The van der Waals surface area contributed by atoms with Crippen LogP contribution in [0.3, 0.4) is 0 Å². The van der Waals surface area contributed by atoms with Gasteiger partial charge in [-0.25, -0.2) is 0 Å². The van der Waals surface area contributed by atoms with Gasteiger partial charge in [0.25, 0.3) is 11.8 Å². The lowest BCUT2D eigenvalue weighted by molar-refractivity contribution is 0.0958. The summed E-state index contributed by atoms with van der Waals surface area (Å²) in [5.41, 5.74) is 3.95. The van der Waals surface area contributed by atoms with Gasteiger partial charge >= 0.3 is 0 Å². The molecule has 0 bridgehead atoms. The van der Waals surface area contributed by atoms with Crippen molar-refractivity contribution in [2.45, 2.75) is 6.92 Å². The predicted molar refractivity (Wildman–Crippen MR) is 104 cm³/mol. The molecular weight excluding hydrogens is 358 g/mol. The van der Waals surface area contributed by atoms with Gasteiger partial charge < -0.3 is 15.2 Å². The first-order valence-corrected chi connectivity index (χ1v) is 8.60. The van der Waals surface area contributed by atoms with Gasteiger partial charge in [-0.2, -0.15) is 5.10 Å². The van der Waals surface area contributed by atoms with Crippen molar-refractivity contribution in [2.24, 2.45) is 0 Å². The maximum Gasteiger partial charge on any atom is 0.277 e. The van der Waals surface area contributed by atoms with E-state index in [1.165, 1.54) is 0 Å². The van der Waals surface area contributed by atoms with Crippen LogP contribution in [0.25, 0.3) is 22.0 Å². The Kier molecular flexibility index (Phi) is 4.36.